The summed E-state index contributed by atoms with van der Waals surface area (Å²) in [6, 6.07) is 21.6. The summed E-state index contributed by atoms with van der Waals surface area (Å²) in [6.07, 6.45) is 2.11. The van der Waals surface area contributed by atoms with Crippen molar-refractivity contribution in [3.63, 3.8) is 0 Å². The van der Waals surface area contributed by atoms with Gasteiger partial charge in [-0.15, -0.1) is 0 Å². The number of amides is 2. The summed E-state index contributed by atoms with van der Waals surface area (Å²) in [5.74, 6) is -0.610. The Bertz CT molecular complexity index is 1420. The van der Waals surface area contributed by atoms with Gasteiger partial charge in [0.2, 0.25) is 0 Å². The van der Waals surface area contributed by atoms with Gasteiger partial charge in [0.15, 0.2) is 0 Å². The van der Waals surface area contributed by atoms with E-state index < -0.39 is 17.8 Å². The van der Waals surface area contributed by atoms with E-state index in [2.05, 4.69) is 0 Å². The maximum atomic E-state index is 13.0. The van der Waals surface area contributed by atoms with Crippen molar-refractivity contribution in [3.8, 4) is 17.4 Å². The normalized spacial score (nSPS) is 14.8. The first-order valence-electron chi connectivity index (χ1n) is 11.5. The molecule has 180 valence electrons. The van der Waals surface area contributed by atoms with Crippen molar-refractivity contribution in [1.82, 2.24) is 4.90 Å². The lowest BCUT2D eigenvalue weighted by Gasteiger charge is -2.26. The zero-order valence-corrected chi connectivity index (χ0v) is 20.0. The summed E-state index contributed by atoms with van der Waals surface area (Å²) in [5.41, 5.74) is 2.44. The first-order chi connectivity index (χ1) is 17.4. The van der Waals surface area contributed by atoms with Crippen LogP contribution >= 0.6 is 0 Å². The van der Waals surface area contributed by atoms with Crippen LogP contribution in [-0.2, 0) is 20.9 Å². The monoisotopic (exact) mass is 480 g/mol. The van der Waals surface area contributed by atoms with E-state index >= 15 is 0 Å². The van der Waals surface area contributed by atoms with Gasteiger partial charge in [-0.2, -0.15) is 5.26 Å². The number of carbonyl (C=O) groups is 3. The molecule has 0 N–H and O–H groups in total. The second-order valence-electron chi connectivity index (χ2n) is 8.28. The van der Waals surface area contributed by atoms with Crippen molar-refractivity contribution in [2.24, 2.45) is 0 Å². The number of imide groups is 1. The number of ether oxygens (including phenoxy) is 1. The summed E-state index contributed by atoms with van der Waals surface area (Å²) in [6.45, 7) is 3.83. The zero-order valence-electron chi connectivity index (χ0n) is 20.0. The van der Waals surface area contributed by atoms with Gasteiger partial charge < -0.3 is 9.15 Å². The molecule has 7 heteroatoms. The molecule has 0 unspecified atom stereocenters. The van der Waals surface area contributed by atoms with Gasteiger partial charge in [0.25, 0.3) is 11.8 Å². The SMILES string of the molecule is CCCN1C(=O)C(C#N)=C(C)/C(=C\c2ccc(-c3cccc(C(=O)OCc4ccccc4)c3)o2)C1=O. The summed E-state index contributed by atoms with van der Waals surface area (Å²) in [7, 11) is 0. The molecule has 0 fully saturated rings. The third-order valence-electron chi connectivity index (χ3n) is 5.78. The summed E-state index contributed by atoms with van der Waals surface area (Å²) >= 11 is 0. The maximum absolute atomic E-state index is 13.0. The molecule has 0 atom stereocenters. The van der Waals surface area contributed by atoms with E-state index in [0.717, 1.165) is 10.5 Å². The predicted octanol–water partition coefficient (Wildman–Crippen LogP) is 5.31. The van der Waals surface area contributed by atoms with Crippen LogP contribution < -0.4 is 0 Å². The Morgan fingerprint density at radius 3 is 2.56 bits per heavy atom. The molecule has 7 nitrogen and oxygen atoms in total. The summed E-state index contributed by atoms with van der Waals surface area (Å²) < 4.78 is 11.3. The average molecular weight is 481 g/mol. The minimum absolute atomic E-state index is 0.0530. The molecule has 1 aliphatic rings. The Morgan fingerprint density at radius 1 is 1.06 bits per heavy atom. The van der Waals surface area contributed by atoms with Crippen molar-refractivity contribution in [3.05, 3.63) is 100 Å². The highest BCUT2D eigenvalue weighted by atomic mass is 16.5. The quantitative estimate of drug-likeness (QED) is 0.258. The molecule has 0 saturated carbocycles. The number of nitriles is 1. The molecule has 0 bridgehead atoms. The first-order valence-corrected chi connectivity index (χ1v) is 11.5. The molecule has 3 aromatic rings. The standard InChI is InChI=1S/C29H24N2O5/c1-3-14-31-27(32)24(19(2)25(17-30)28(31)33)16-23-12-13-26(36-23)21-10-7-11-22(15-21)29(34)35-18-20-8-5-4-6-9-20/h4-13,15-16H,3,14,18H2,1-2H3/b24-16+. The summed E-state index contributed by atoms with van der Waals surface area (Å²) in [4.78, 5) is 39.1. The molecule has 2 amide bonds. The van der Waals surface area contributed by atoms with Gasteiger partial charge >= 0.3 is 5.97 Å². The molecule has 36 heavy (non-hydrogen) atoms. The van der Waals surface area contributed by atoms with Gasteiger partial charge in [0, 0.05) is 17.7 Å². The Kier molecular flexibility index (Phi) is 7.26. The lowest BCUT2D eigenvalue weighted by molar-refractivity contribution is -0.140. The van der Waals surface area contributed by atoms with E-state index in [1.807, 2.05) is 43.3 Å². The number of carbonyl (C=O) groups excluding carboxylic acids is 3. The van der Waals surface area contributed by atoms with Crippen LogP contribution in [0.4, 0.5) is 0 Å². The van der Waals surface area contributed by atoms with Crippen molar-refractivity contribution >= 4 is 23.9 Å². The molecule has 4 rings (SSSR count). The molecule has 2 aromatic carbocycles. The van der Waals surface area contributed by atoms with Crippen molar-refractivity contribution in [2.75, 3.05) is 6.54 Å². The third-order valence-corrected chi connectivity index (χ3v) is 5.78. The predicted molar refractivity (Wildman–Crippen MR) is 133 cm³/mol. The van der Waals surface area contributed by atoms with Crippen LogP contribution in [0.3, 0.4) is 0 Å². The fraction of sp³-hybridized carbons (Fsp3) is 0.172. The zero-order chi connectivity index (χ0) is 25.7. The van der Waals surface area contributed by atoms with E-state index in [4.69, 9.17) is 9.15 Å². The molecule has 0 spiro atoms. The lowest BCUT2D eigenvalue weighted by Crippen LogP contribution is -2.43. The third kappa shape index (κ3) is 5.03. The maximum Gasteiger partial charge on any atom is 0.338 e. The lowest BCUT2D eigenvalue weighted by atomic mass is 9.94. The Labute approximate surface area is 208 Å². The molecule has 1 aliphatic heterocycles. The minimum atomic E-state index is -0.574. The Balaban J connectivity index is 1.57. The summed E-state index contributed by atoms with van der Waals surface area (Å²) in [5, 5.41) is 9.46. The van der Waals surface area contributed by atoms with Gasteiger partial charge in [-0.25, -0.2) is 4.79 Å². The number of hydrogen-bond donors (Lipinski definition) is 0. The Morgan fingerprint density at radius 2 is 1.83 bits per heavy atom. The Hall–Kier alpha value is -4.70. The number of furan rings is 1. The van der Waals surface area contributed by atoms with Gasteiger partial charge in [0.05, 0.1) is 5.56 Å². The van der Waals surface area contributed by atoms with Crippen LogP contribution in [0, 0.1) is 11.3 Å². The molecular formula is C29H24N2O5. The number of nitrogens with zero attached hydrogens (tertiary/aromatic N) is 2. The topological polar surface area (TPSA) is 101 Å². The fourth-order valence-corrected chi connectivity index (χ4v) is 3.89. The average Bonchev–Trinajstić information content (AvgIpc) is 3.37. The highest BCUT2D eigenvalue weighted by Crippen LogP contribution is 2.29. The van der Waals surface area contributed by atoms with E-state index in [1.165, 1.54) is 6.08 Å². The van der Waals surface area contributed by atoms with Crippen LogP contribution in [0.5, 0.6) is 0 Å². The molecule has 0 saturated heterocycles. The van der Waals surface area contributed by atoms with E-state index in [-0.39, 0.29) is 24.3 Å². The van der Waals surface area contributed by atoms with Crippen molar-refractivity contribution in [2.45, 2.75) is 26.9 Å². The smallest absolute Gasteiger partial charge is 0.338 e. The van der Waals surface area contributed by atoms with E-state index in [0.29, 0.717) is 34.6 Å². The van der Waals surface area contributed by atoms with E-state index in [1.54, 1.807) is 43.3 Å². The minimum Gasteiger partial charge on any atom is -0.457 e. The number of hydrogen-bond acceptors (Lipinski definition) is 6. The highest BCUT2D eigenvalue weighted by molar-refractivity contribution is 6.19. The highest BCUT2D eigenvalue weighted by Gasteiger charge is 2.35. The van der Waals surface area contributed by atoms with Crippen molar-refractivity contribution in [1.29, 1.82) is 5.26 Å². The second-order valence-corrected chi connectivity index (χ2v) is 8.28. The van der Waals surface area contributed by atoms with Crippen LogP contribution in [0.25, 0.3) is 17.4 Å². The van der Waals surface area contributed by atoms with Gasteiger partial charge in [-0.3, -0.25) is 14.5 Å². The van der Waals surface area contributed by atoms with Crippen LogP contribution in [0.2, 0.25) is 0 Å². The van der Waals surface area contributed by atoms with Crippen LogP contribution in [0.1, 0.15) is 41.9 Å². The van der Waals surface area contributed by atoms with Gasteiger partial charge in [0.1, 0.15) is 29.8 Å². The van der Waals surface area contributed by atoms with E-state index in [9.17, 15) is 19.6 Å². The molecule has 0 aliphatic carbocycles. The van der Waals surface area contributed by atoms with Gasteiger partial charge in [-0.1, -0.05) is 49.4 Å². The first kappa shape index (κ1) is 24.4. The number of benzene rings is 2. The fourth-order valence-electron chi connectivity index (χ4n) is 3.89. The molecule has 0 radical (unpaired) electrons. The second kappa shape index (κ2) is 10.7. The van der Waals surface area contributed by atoms with Gasteiger partial charge in [-0.05, 0) is 54.8 Å². The largest absolute Gasteiger partial charge is 0.457 e. The molecular weight excluding hydrogens is 456 g/mol. The van der Waals surface area contributed by atoms with Crippen LogP contribution in [-0.4, -0.2) is 29.2 Å². The van der Waals surface area contributed by atoms with Crippen molar-refractivity contribution < 1.29 is 23.5 Å². The molecule has 2 heterocycles. The van der Waals surface area contributed by atoms with Crippen LogP contribution in [0.15, 0.2) is 87.9 Å². The molecule has 1 aromatic heterocycles. The number of esters is 1. The number of rotatable bonds is 7.